The highest BCUT2D eigenvalue weighted by Crippen LogP contribution is 2.18. The fourth-order valence-electron chi connectivity index (χ4n) is 1.75. The Hall–Kier alpha value is -1.45. The van der Waals surface area contributed by atoms with E-state index in [-0.39, 0.29) is 0 Å². The molecule has 0 saturated heterocycles. The Morgan fingerprint density at radius 1 is 1.47 bits per heavy atom. The first kappa shape index (κ1) is 12.0. The van der Waals surface area contributed by atoms with Crippen molar-refractivity contribution in [1.29, 1.82) is 0 Å². The number of aliphatic imine (C=N–C) groups is 1. The minimum Gasteiger partial charge on any atom is -0.466 e. The van der Waals surface area contributed by atoms with Crippen LogP contribution in [-0.2, 0) is 6.54 Å². The van der Waals surface area contributed by atoms with Crippen molar-refractivity contribution in [3.8, 4) is 0 Å². The number of furan rings is 1. The molecule has 2 N–H and O–H groups in total. The second-order valence-corrected chi connectivity index (χ2v) is 4.55. The van der Waals surface area contributed by atoms with Gasteiger partial charge in [0.25, 0.3) is 0 Å². The minimum absolute atomic E-state index is 0.625. The molecule has 94 valence electrons. The highest BCUT2D eigenvalue weighted by Gasteiger charge is 2.22. The van der Waals surface area contributed by atoms with Crippen LogP contribution in [0.3, 0.4) is 0 Å². The van der Waals surface area contributed by atoms with Gasteiger partial charge in [0.05, 0.1) is 6.54 Å². The number of nitrogens with zero attached hydrogens (tertiary/aromatic N) is 1. The maximum atomic E-state index is 5.49. The van der Waals surface area contributed by atoms with Crippen LogP contribution in [0.25, 0.3) is 0 Å². The highest BCUT2D eigenvalue weighted by molar-refractivity contribution is 5.80. The highest BCUT2D eigenvalue weighted by atomic mass is 16.3. The third kappa shape index (κ3) is 3.51. The lowest BCUT2D eigenvalue weighted by atomic mass is 10.2. The van der Waals surface area contributed by atoms with Crippen molar-refractivity contribution in [2.45, 2.75) is 46.2 Å². The lowest BCUT2D eigenvalue weighted by Gasteiger charge is -2.09. The molecule has 2 rings (SSSR count). The zero-order valence-corrected chi connectivity index (χ0v) is 10.8. The third-order valence-electron chi connectivity index (χ3n) is 2.81. The van der Waals surface area contributed by atoms with Gasteiger partial charge in [-0.3, -0.25) is 0 Å². The van der Waals surface area contributed by atoms with Crippen LogP contribution in [0.2, 0.25) is 0 Å². The van der Waals surface area contributed by atoms with E-state index < -0.39 is 0 Å². The van der Waals surface area contributed by atoms with Crippen molar-refractivity contribution < 1.29 is 4.42 Å². The van der Waals surface area contributed by atoms with E-state index in [0.29, 0.717) is 12.6 Å². The van der Waals surface area contributed by atoms with E-state index in [1.807, 2.05) is 13.8 Å². The Kier molecular flexibility index (Phi) is 3.71. The maximum Gasteiger partial charge on any atom is 0.191 e. The smallest absolute Gasteiger partial charge is 0.191 e. The van der Waals surface area contributed by atoms with Crippen LogP contribution in [0.5, 0.6) is 0 Å². The lowest BCUT2D eigenvalue weighted by Crippen LogP contribution is -2.38. The predicted octanol–water partition coefficient (Wildman–Crippen LogP) is 2.11. The molecule has 0 atom stereocenters. The van der Waals surface area contributed by atoms with Gasteiger partial charge >= 0.3 is 0 Å². The molecule has 4 nitrogen and oxygen atoms in total. The zero-order chi connectivity index (χ0) is 12.3. The molecule has 0 radical (unpaired) electrons. The number of rotatable bonds is 4. The maximum absolute atomic E-state index is 5.49. The largest absolute Gasteiger partial charge is 0.466 e. The summed E-state index contributed by atoms with van der Waals surface area (Å²) in [5, 5.41) is 6.66. The van der Waals surface area contributed by atoms with E-state index in [4.69, 9.17) is 4.42 Å². The van der Waals surface area contributed by atoms with Crippen LogP contribution in [-0.4, -0.2) is 18.5 Å². The van der Waals surface area contributed by atoms with Gasteiger partial charge in [-0.25, -0.2) is 4.99 Å². The van der Waals surface area contributed by atoms with E-state index in [0.717, 1.165) is 29.6 Å². The summed E-state index contributed by atoms with van der Waals surface area (Å²) >= 11 is 0. The van der Waals surface area contributed by atoms with Crippen molar-refractivity contribution in [1.82, 2.24) is 10.6 Å². The van der Waals surface area contributed by atoms with Crippen molar-refractivity contribution in [2.24, 2.45) is 4.99 Å². The summed E-state index contributed by atoms with van der Waals surface area (Å²) in [5.41, 5.74) is 1.16. The first-order valence-electron chi connectivity index (χ1n) is 6.29. The molecule has 1 fully saturated rings. The second-order valence-electron chi connectivity index (χ2n) is 4.55. The number of hydrogen-bond acceptors (Lipinski definition) is 2. The quantitative estimate of drug-likeness (QED) is 0.621. The monoisotopic (exact) mass is 235 g/mol. The summed E-state index contributed by atoms with van der Waals surface area (Å²) in [5.74, 6) is 2.83. The molecule has 1 saturated carbocycles. The topological polar surface area (TPSA) is 49.6 Å². The Morgan fingerprint density at radius 2 is 2.24 bits per heavy atom. The second kappa shape index (κ2) is 5.25. The summed E-state index contributed by atoms with van der Waals surface area (Å²) in [4.78, 5) is 4.57. The van der Waals surface area contributed by atoms with Gasteiger partial charge in [-0.1, -0.05) is 0 Å². The third-order valence-corrected chi connectivity index (χ3v) is 2.81. The van der Waals surface area contributed by atoms with Crippen LogP contribution < -0.4 is 10.6 Å². The molecule has 4 heteroatoms. The fraction of sp³-hybridized carbons (Fsp3) is 0.615. The molecule has 0 aliphatic heterocycles. The van der Waals surface area contributed by atoms with E-state index >= 15 is 0 Å². The summed E-state index contributed by atoms with van der Waals surface area (Å²) in [6.45, 7) is 7.59. The van der Waals surface area contributed by atoms with Gasteiger partial charge in [0, 0.05) is 18.2 Å². The summed E-state index contributed by atoms with van der Waals surface area (Å²) in [6.07, 6.45) is 2.52. The number of nitrogens with one attached hydrogen (secondary N) is 2. The molecule has 0 amide bonds. The molecule has 1 aromatic rings. The fourth-order valence-corrected chi connectivity index (χ4v) is 1.75. The lowest BCUT2D eigenvalue weighted by molar-refractivity contribution is 0.501. The number of hydrogen-bond donors (Lipinski definition) is 2. The Labute approximate surface area is 102 Å². The molecule has 1 heterocycles. The molecule has 1 aliphatic rings. The van der Waals surface area contributed by atoms with Gasteiger partial charge in [-0.15, -0.1) is 0 Å². The standard InChI is InChI=1S/C13H21N3O/c1-4-14-13(16-12-5-6-12)15-8-11-7-9(2)17-10(11)3/h7,12H,4-6,8H2,1-3H3,(H2,14,15,16). The van der Waals surface area contributed by atoms with Crippen molar-refractivity contribution in [3.63, 3.8) is 0 Å². The summed E-state index contributed by atoms with van der Waals surface area (Å²) in [6, 6.07) is 2.68. The summed E-state index contributed by atoms with van der Waals surface area (Å²) < 4.78 is 5.49. The van der Waals surface area contributed by atoms with Crippen LogP contribution in [0.4, 0.5) is 0 Å². The first-order chi connectivity index (χ1) is 8.19. The van der Waals surface area contributed by atoms with Crippen LogP contribution >= 0.6 is 0 Å². The molecule has 0 bridgehead atoms. The average Bonchev–Trinajstić information content (AvgIpc) is 3.02. The van der Waals surface area contributed by atoms with E-state index in [2.05, 4.69) is 28.6 Å². The van der Waals surface area contributed by atoms with Gasteiger partial charge in [0.1, 0.15) is 11.5 Å². The van der Waals surface area contributed by atoms with Crippen LogP contribution in [0, 0.1) is 13.8 Å². The molecule has 0 unspecified atom stereocenters. The van der Waals surface area contributed by atoms with Gasteiger partial charge < -0.3 is 15.1 Å². The van der Waals surface area contributed by atoms with Gasteiger partial charge in [0.2, 0.25) is 0 Å². The Bertz CT molecular complexity index is 405. The van der Waals surface area contributed by atoms with Gasteiger partial charge in [-0.05, 0) is 39.7 Å². The Morgan fingerprint density at radius 3 is 2.76 bits per heavy atom. The Balaban J connectivity index is 1.97. The molecule has 1 aliphatic carbocycles. The summed E-state index contributed by atoms with van der Waals surface area (Å²) in [7, 11) is 0. The average molecular weight is 235 g/mol. The van der Waals surface area contributed by atoms with E-state index in [1.165, 1.54) is 12.8 Å². The van der Waals surface area contributed by atoms with Crippen LogP contribution in [0.15, 0.2) is 15.5 Å². The van der Waals surface area contributed by atoms with Crippen LogP contribution in [0.1, 0.15) is 36.8 Å². The van der Waals surface area contributed by atoms with Crippen molar-refractivity contribution in [3.05, 3.63) is 23.2 Å². The molecule has 0 spiro atoms. The normalized spacial score (nSPS) is 16.1. The predicted molar refractivity (Wildman–Crippen MR) is 69.2 cm³/mol. The molecule has 1 aromatic heterocycles. The van der Waals surface area contributed by atoms with Gasteiger partial charge in [0.15, 0.2) is 5.96 Å². The minimum atomic E-state index is 0.625. The molecular formula is C13H21N3O. The zero-order valence-electron chi connectivity index (χ0n) is 10.8. The number of aryl methyl sites for hydroxylation is 2. The van der Waals surface area contributed by atoms with E-state index in [1.54, 1.807) is 0 Å². The van der Waals surface area contributed by atoms with Crippen molar-refractivity contribution in [2.75, 3.05) is 6.54 Å². The molecule has 17 heavy (non-hydrogen) atoms. The SMILES string of the molecule is CCNC(=NCc1cc(C)oc1C)NC1CC1. The van der Waals surface area contributed by atoms with Gasteiger partial charge in [-0.2, -0.15) is 0 Å². The number of guanidine groups is 1. The van der Waals surface area contributed by atoms with E-state index in [9.17, 15) is 0 Å². The molecule has 0 aromatic carbocycles. The van der Waals surface area contributed by atoms with Crippen molar-refractivity contribution >= 4 is 5.96 Å². The molecular weight excluding hydrogens is 214 g/mol. The first-order valence-corrected chi connectivity index (χ1v) is 6.29.